The van der Waals surface area contributed by atoms with E-state index in [4.69, 9.17) is 18.7 Å². The zero-order chi connectivity index (χ0) is 22.5. The van der Waals surface area contributed by atoms with Crippen LogP contribution >= 0.6 is 0 Å². The van der Waals surface area contributed by atoms with E-state index >= 15 is 0 Å². The van der Waals surface area contributed by atoms with Gasteiger partial charge in [0.25, 0.3) is 5.91 Å². The van der Waals surface area contributed by atoms with Crippen molar-refractivity contribution in [1.29, 1.82) is 0 Å². The lowest BCUT2D eigenvalue weighted by Gasteiger charge is -2.21. The zero-order valence-electron chi connectivity index (χ0n) is 18.6. The van der Waals surface area contributed by atoms with Crippen molar-refractivity contribution < 1.29 is 23.5 Å². The summed E-state index contributed by atoms with van der Waals surface area (Å²) in [5, 5.41) is 4.02. The molecule has 0 N–H and O–H groups in total. The van der Waals surface area contributed by atoms with E-state index in [1.54, 1.807) is 46.4 Å². The highest BCUT2D eigenvalue weighted by Crippen LogP contribution is 2.31. The third-order valence-corrected chi connectivity index (χ3v) is 4.85. The van der Waals surface area contributed by atoms with E-state index in [-0.39, 0.29) is 12.5 Å². The Morgan fingerprint density at radius 1 is 1.10 bits per heavy atom. The first-order valence-electron chi connectivity index (χ1n) is 9.86. The average molecular weight is 425 g/mol. The maximum atomic E-state index is 12.8. The molecule has 1 atom stereocenters. The number of carbonyl (C=O) groups excluding carboxylic acids is 1. The molecule has 0 radical (unpaired) electrons. The van der Waals surface area contributed by atoms with Crippen molar-refractivity contribution in [2.75, 3.05) is 21.3 Å². The molecular formula is C23H27N3O5. The summed E-state index contributed by atoms with van der Waals surface area (Å²) in [5.41, 5.74) is 2.79. The number of methoxy groups -OCH3 is 2. The van der Waals surface area contributed by atoms with Gasteiger partial charge in [-0.15, -0.1) is 0 Å². The van der Waals surface area contributed by atoms with Gasteiger partial charge in [0.1, 0.15) is 17.2 Å². The zero-order valence-corrected chi connectivity index (χ0v) is 18.6. The quantitative estimate of drug-likeness (QED) is 0.542. The first-order chi connectivity index (χ1) is 14.8. The molecule has 8 nitrogen and oxygen atoms in total. The molecule has 0 aliphatic heterocycles. The van der Waals surface area contributed by atoms with E-state index in [2.05, 4.69) is 10.1 Å². The fourth-order valence-corrected chi connectivity index (χ4v) is 3.18. The van der Waals surface area contributed by atoms with E-state index in [0.717, 1.165) is 11.1 Å². The maximum Gasteiger partial charge on any atom is 0.263 e. The second-order valence-corrected chi connectivity index (χ2v) is 7.30. The average Bonchev–Trinajstić information content (AvgIpc) is 3.22. The van der Waals surface area contributed by atoms with Crippen LogP contribution in [0.2, 0.25) is 0 Å². The van der Waals surface area contributed by atoms with E-state index in [1.165, 1.54) is 4.90 Å². The molecule has 0 saturated heterocycles. The Kier molecular flexibility index (Phi) is 6.79. The lowest BCUT2D eigenvalue weighted by molar-refractivity contribution is -0.137. The molecule has 1 unspecified atom stereocenters. The van der Waals surface area contributed by atoms with Crippen LogP contribution in [0.1, 0.15) is 23.9 Å². The first-order valence-corrected chi connectivity index (χ1v) is 9.86. The summed E-state index contributed by atoms with van der Waals surface area (Å²) in [4.78, 5) is 18.7. The van der Waals surface area contributed by atoms with Crippen LogP contribution in [-0.2, 0) is 11.3 Å². The number of aryl methyl sites for hydroxylation is 2. The predicted octanol–water partition coefficient (Wildman–Crippen LogP) is 3.80. The van der Waals surface area contributed by atoms with Crippen molar-refractivity contribution >= 4 is 5.91 Å². The van der Waals surface area contributed by atoms with Crippen molar-refractivity contribution in [1.82, 2.24) is 15.0 Å². The van der Waals surface area contributed by atoms with Gasteiger partial charge in [-0.1, -0.05) is 22.9 Å². The van der Waals surface area contributed by atoms with Gasteiger partial charge in [0.2, 0.25) is 11.7 Å². The molecule has 0 saturated carbocycles. The first kappa shape index (κ1) is 22.1. The summed E-state index contributed by atoms with van der Waals surface area (Å²) < 4.78 is 21.8. The molecule has 164 valence electrons. The smallest absolute Gasteiger partial charge is 0.263 e. The minimum atomic E-state index is -0.657. The van der Waals surface area contributed by atoms with Gasteiger partial charge in [-0.2, -0.15) is 4.98 Å². The molecule has 1 aromatic heterocycles. The molecule has 1 heterocycles. The van der Waals surface area contributed by atoms with Gasteiger partial charge in [-0.3, -0.25) is 4.79 Å². The van der Waals surface area contributed by atoms with Crippen LogP contribution in [0.25, 0.3) is 11.4 Å². The van der Waals surface area contributed by atoms with E-state index < -0.39 is 6.10 Å². The van der Waals surface area contributed by atoms with Crippen LogP contribution in [0, 0.1) is 13.8 Å². The number of hydrogen-bond donors (Lipinski definition) is 0. The van der Waals surface area contributed by atoms with Crippen LogP contribution in [0.5, 0.6) is 17.2 Å². The molecular weight excluding hydrogens is 398 g/mol. The monoisotopic (exact) mass is 425 g/mol. The van der Waals surface area contributed by atoms with Crippen LogP contribution < -0.4 is 14.2 Å². The molecule has 2 aromatic carbocycles. The second-order valence-electron chi connectivity index (χ2n) is 7.30. The van der Waals surface area contributed by atoms with Gasteiger partial charge < -0.3 is 23.6 Å². The number of hydrogen-bond acceptors (Lipinski definition) is 7. The Morgan fingerprint density at radius 3 is 2.55 bits per heavy atom. The van der Waals surface area contributed by atoms with Gasteiger partial charge in [-0.25, -0.2) is 0 Å². The highest BCUT2D eigenvalue weighted by atomic mass is 16.5. The number of amides is 1. The normalized spacial score (nSPS) is 11.7. The maximum absolute atomic E-state index is 12.8. The van der Waals surface area contributed by atoms with Gasteiger partial charge in [0.05, 0.1) is 26.3 Å². The summed E-state index contributed by atoms with van der Waals surface area (Å²) in [6.07, 6.45) is -0.657. The highest BCUT2D eigenvalue weighted by Gasteiger charge is 2.22. The molecule has 3 aromatic rings. The number of nitrogens with zero attached hydrogens (tertiary/aromatic N) is 3. The van der Waals surface area contributed by atoms with Crippen molar-refractivity contribution in [3.05, 3.63) is 53.4 Å². The molecule has 0 aliphatic rings. The largest absolute Gasteiger partial charge is 0.497 e. The highest BCUT2D eigenvalue weighted by molar-refractivity contribution is 5.80. The summed E-state index contributed by atoms with van der Waals surface area (Å²) in [7, 11) is 4.81. The lowest BCUT2D eigenvalue weighted by atomic mass is 10.1. The molecule has 1 amide bonds. The standard InChI is InChI=1S/C23H27N3O5/c1-14-7-10-19(15(2)11-14)30-16(3)23(27)26(4)13-21-24-22(25-31-21)18-9-8-17(28-5)12-20(18)29-6/h7-12,16H,13H2,1-6H3. The Bertz CT molecular complexity index is 1060. The van der Waals surface area contributed by atoms with Crippen LogP contribution in [0.15, 0.2) is 40.9 Å². The number of carbonyl (C=O) groups is 1. The number of aromatic nitrogens is 2. The fourth-order valence-electron chi connectivity index (χ4n) is 3.18. The lowest BCUT2D eigenvalue weighted by Crippen LogP contribution is -2.37. The summed E-state index contributed by atoms with van der Waals surface area (Å²) in [6.45, 7) is 5.85. The minimum Gasteiger partial charge on any atom is -0.497 e. The molecule has 0 aliphatic carbocycles. The van der Waals surface area contributed by atoms with E-state index in [1.807, 2.05) is 32.0 Å². The Hall–Kier alpha value is -3.55. The number of ether oxygens (including phenoxy) is 3. The molecule has 3 rings (SSSR count). The van der Waals surface area contributed by atoms with E-state index in [9.17, 15) is 4.79 Å². The van der Waals surface area contributed by atoms with Crippen molar-refractivity contribution in [2.45, 2.75) is 33.4 Å². The van der Waals surface area contributed by atoms with E-state index in [0.29, 0.717) is 34.5 Å². The summed E-state index contributed by atoms with van der Waals surface area (Å²) in [5.74, 6) is 2.39. The number of benzene rings is 2. The van der Waals surface area contributed by atoms with Crippen LogP contribution in [-0.4, -0.2) is 48.3 Å². The molecule has 31 heavy (non-hydrogen) atoms. The van der Waals surface area contributed by atoms with Gasteiger partial charge >= 0.3 is 0 Å². The Labute approximate surface area is 181 Å². The van der Waals surface area contributed by atoms with Gasteiger partial charge in [0, 0.05) is 13.1 Å². The molecule has 0 spiro atoms. The fraction of sp³-hybridized carbons (Fsp3) is 0.348. The predicted molar refractivity (Wildman–Crippen MR) is 115 cm³/mol. The topological polar surface area (TPSA) is 86.9 Å². The minimum absolute atomic E-state index is 0.158. The molecule has 0 fully saturated rings. The molecule has 8 heteroatoms. The van der Waals surface area contributed by atoms with Gasteiger partial charge in [0.15, 0.2) is 6.10 Å². The summed E-state index contributed by atoms with van der Waals surface area (Å²) >= 11 is 0. The Balaban J connectivity index is 1.67. The SMILES string of the molecule is COc1ccc(-c2noc(CN(C)C(=O)C(C)Oc3ccc(C)cc3C)n2)c(OC)c1. The number of likely N-dealkylation sites (N-methyl/N-ethyl adjacent to an activating group) is 1. The second kappa shape index (κ2) is 9.51. The van der Waals surface area contributed by atoms with Crippen molar-refractivity contribution in [2.24, 2.45) is 0 Å². The third-order valence-electron chi connectivity index (χ3n) is 4.85. The third kappa shape index (κ3) is 5.14. The van der Waals surface area contributed by atoms with Crippen molar-refractivity contribution in [3.8, 4) is 28.6 Å². The molecule has 0 bridgehead atoms. The summed E-state index contributed by atoms with van der Waals surface area (Å²) in [6, 6.07) is 11.2. The van der Waals surface area contributed by atoms with Crippen LogP contribution in [0.3, 0.4) is 0 Å². The van der Waals surface area contributed by atoms with Gasteiger partial charge in [-0.05, 0) is 44.5 Å². The van der Waals surface area contributed by atoms with Crippen LogP contribution in [0.4, 0.5) is 0 Å². The number of rotatable bonds is 8. The Morgan fingerprint density at radius 2 is 1.87 bits per heavy atom. The van der Waals surface area contributed by atoms with Crippen molar-refractivity contribution in [3.63, 3.8) is 0 Å².